The molecule has 0 bridgehead atoms. The van der Waals surface area contributed by atoms with E-state index in [-0.39, 0.29) is 10.6 Å². The Hall–Kier alpha value is -2.00. The number of nitrogens with one attached hydrogen (secondary N) is 1. The highest BCUT2D eigenvalue weighted by Crippen LogP contribution is 2.21. The maximum Gasteiger partial charge on any atom is 0.381 e. The zero-order valence-electron chi connectivity index (χ0n) is 15.1. The fourth-order valence-electron chi connectivity index (χ4n) is 2.47. The number of carbonyl (C=O) groups is 1. The molecule has 3 rings (SSSR count). The summed E-state index contributed by atoms with van der Waals surface area (Å²) in [5.74, 6) is -0.0913. The van der Waals surface area contributed by atoms with Crippen molar-refractivity contribution >= 4 is 58.4 Å². The summed E-state index contributed by atoms with van der Waals surface area (Å²) in [6.07, 6.45) is 1.70. The van der Waals surface area contributed by atoms with Gasteiger partial charge in [-0.1, -0.05) is 35.4 Å². The molecule has 0 unspecified atom stereocenters. The highest BCUT2D eigenvalue weighted by Gasteiger charge is 2.14. The lowest BCUT2D eigenvalue weighted by molar-refractivity contribution is -0.0787. The molecule has 1 aromatic carbocycles. The number of aromatic nitrogens is 1. The maximum atomic E-state index is 11.6. The van der Waals surface area contributed by atoms with Crippen molar-refractivity contribution in [2.45, 2.75) is 0 Å². The van der Waals surface area contributed by atoms with Crippen LogP contribution in [0.15, 0.2) is 36.5 Å². The Bertz CT molecular complexity index is 803. The van der Waals surface area contributed by atoms with Crippen molar-refractivity contribution in [3.63, 3.8) is 0 Å². The Balaban J connectivity index is 0.000000200. The van der Waals surface area contributed by atoms with Crippen molar-refractivity contribution in [3.05, 3.63) is 52.1 Å². The second-order valence-electron chi connectivity index (χ2n) is 5.95. The van der Waals surface area contributed by atoms with Gasteiger partial charge in [0.25, 0.3) is 0 Å². The molecule has 1 aliphatic heterocycles. The van der Waals surface area contributed by atoms with Crippen LogP contribution in [0.3, 0.4) is 0 Å². The van der Waals surface area contributed by atoms with E-state index in [0.29, 0.717) is 10.7 Å². The van der Waals surface area contributed by atoms with E-state index in [0.717, 1.165) is 32.0 Å². The van der Waals surface area contributed by atoms with Gasteiger partial charge in [0.15, 0.2) is 0 Å². The van der Waals surface area contributed by atoms with Crippen molar-refractivity contribution < 1.29 is 14.3 Å². The molecule has 1 fully saturated rings. The Morgan fingerprint density at radius 1 is 1.25 bits per heavy atom. The Kier molecular flexibility index (Phi) is 8.85. The number of carbonyl (C=O) groups excluding carboxylic acids is 1. The lowest BCUT2D eigenvalue weighted by Gasteiger charge is -2.33. The monoisotopic (exact) mass is 444 g/mol. The summed E-state index contributed by atoms with van der Waals surface area (Å²) >= 11 is 16.0. The van der Waals surface area contributed by atoms with Crippen LogP contribution in [0.4, 0.5) is 16.0 Å². The third-order valence-corrected chi connectivity index (χ3v) is 4.68. The number of benzene rings is 1. The van der Waals surface area contributed by atoms with Crippen LogP contribution in [0.5, 0.6) is 0 Å². The SMILES string of the molecule is CN1CCN(c2ccc(Cl)cn2)CC1.O=C(OF)c1ccc(NC=S)cc1Cl. The molecular weight excluding hydrogens is 426 g/mol. The first-order chi connectivity index (χ1) is 13.4. The van der Waals surface area contributed by atoms with Crippen LogP contribution in [0.1, 0.15) is 10.4 Å². The summed E-state index contributed by atoms with van der Waals surface area (Å²) in [7, 11) is 2.15. The normalized spacial score (nSPS) is 13.9. The fourth-order valence-corrected chi connectivity index (χ4v) is 2.98. The highest BCUT2D eigenvalue weighted by atomic mass is 35.5. The molecule has 0 radical (unpaired) electrons. The van der Waals surface area contributed by atoms with Crippen molar-refractivity contribution in [3.8, 4) is 0 Å². The molecule has 0 spiro atoms. The zero-order chi connectivity index (χ0) is 20.5. The van der Waals surface area contributed by atoms with Gasteiger partial charge in [0.2, 0.25) is 0 Å². The van der Waals surface area contributed by atoms with E-state index in [1.54, 1.807) is 6.20 Å². The molecule has 0 saturated carbocycles. The number of rotatable bonds is 4. The quantitative estimate of drug-likeness (QED) is 0.707. The van der Waals surface area contributed by atoms with E-state index in [1.807, 2.05) is 12.1 Å². The lowest BCUT2D eigenvalue weighted by atomic mass is 10.2. The van der Waals surface area contributed by atoms with Gasteiger partial charge in [0.05, 0.1) is 21.1 Å². The third kappa shape index (κ3) is 6.56. The molecule has 2 heterocycles. The fraction of sp³-hybridized carbons (Fsp3) is 0.278. The minimum atomic E-state index is -1.12. The second kappa shape index (κ2) is 11.1. The molecule has 2 aromatic rings. The molecular formula is C18H19Cl2FN4O2S. The second-order valence-corrected chi connectivity index (χ2v) is 7.03. The molecule has 10 heteroatoms. The largest absolute Gasteiger partial charge is 0.381 e. The molecule has 1 aromatic heterocycles. The standard InChI is InChI=1S/C10H14ClN3.C8H5ClFNO2S/c1-13-4-6-14(7-5-13)10-3-2-9(11)8-12-10;9-7-3-5(11-4-14)1-2-6(7)8(12)13-10/h2-3,8H,4-7H2,1H3;1-4H,(H,11,14). The zero-order valence-corrected chi connectivity index (χ0v) is 17.4. The summed E-state index contributed by atoms with van der Waals surface area (Å²) in [4.78, 5) is 22.7. The Labute approximate surface area is 178 Å². The molecule has 150 valence electrons. The van der Waals surface area contributed by atoms with Gasteiger partial charge < -0.3 is 15.1 Å². The summed E-state index contributed by atoms with van der Waals surface area (Å²) < 4.78 is 11.6. The van der Waals surface area contributed by atoms with Crippen LogP contribution in [0.2, 0.25) is 10.0 Å². The van der Waals surface area contributed by atoms with Gasteiger partial charge in [-0.05, 0) is 37.4 Å². The van der Waals surface area contributed by atoms with Crippen LogP contribution < -0.4 is 10.2 Å². The van der Waals surface area contributed by atoms with Crippen LogP contribution in [-0.4, -0.2) is 54.6 Å². The summed E-state index contributed by atoms with van der Waals surface area (Å²) in [5, 5.41) is 3.48. The number of thiocarbonyl (C=S) groups is 1. The number of halogens is 3. The molecule has 0 amide bonds. The molecule has 6 nitrogen and oxygen atoms in total. The first-order valence-corrected chi connectivity index (χ1v) is 9.55. The van der Waals surface area contributed by atoms with E-state index < -0.39 is 5.97 Å². The maximum absolute atomic E-state index is 11.6. The smallest absolute Gasteiger partial charge is 0.354 e. The Morgan fingerprint density at radius 2 is 1.96 bits per heavy atom. The van der Waals surface area contributed by atoms with Gasteiger partial charge in [-0.25, -0.2) is 14.7 Å². The number of hydrogen-bond acceptors (Lipinski definition) is 6. The number of anilines is 2. The predicted molar refractivity (Wildman–Crippen MR) is 114 cm³/mol. The van der Waals surface area contributed by atoms with Gasteiger partial charge in [-0.15, -0.1) is 0 Å². The molecule has 1 N–H and O–H groups in total. The number of pyridine rings is 1. The van der Waals surface area contributed by atoms with Crippen LogP contribution in [0, 0.1) is 0 Å². The van der Waals surface area contributed by atoms with Gasteiger partial charge in [0.1, 0.15) is 5.82 Å². The molecule has 28 heavy (non-hydrogen) atoms. The minimum Gasteiger partial charge on any atom is -0.354 e. The van der Waals surface area contributed by atoms with Crippen molar-refractivity contribution in [1.82, 2.24) is 9.88 Å². The summed E-state index contributed by atoms with van der Waals surface area (Å²) in [6.45, 7) is 4.30. The van der Waals surface area contributed by atoms with Gasteiger partial charge in [-0.3, -0.25) is 0 Å². The molecule has 1 aliphatic rings. The lowest BCUT2D eigenvalue weighted by Crippen LogP contribution is -2.44. The number of likely N-dealkylation sites (N-methyl/N-ethyl adjacent to an activating group) is 1. The molecule has 0 aliphatic carbocycles. The van der Waals surface area contributed by atoms with E-state index in [1.165, 1.54) is 23.7 Å². The van der Waals surface area contributed by atoms with E-state index in [4.69, 9.17) is 23.2 Å². The predicted octanol–water partition coefficient (Wildman–Crippen LogP) is 4.24. The van der Waals surface area contributed by atoms with Gasteiger partial charge >= 0.3 is 5.97 Å². The average molecular weight is 445 g/mol. The van der Waals surface area contributed by atoms with E-state index >= 15 is 0 Å². The highest BCUT2D eigenvalue weighted by molar-refractivity contribution is 7.79. The molecule has 1 saturated heterocycles. The van der Waals surface area contributed by atoms with Crippen molar-refractivity contribution in [1.29, 1.82) is 0 Å². The van der Waals surface area contributed by atoms with E-state index in [2.05, 4.69) is 44.3 Å². The number of piperazine rings is 1. The number of nitrogens with zero attached hydrogens (tertiary/aromatic N) is 3. The van der Waals surface area contributed by atoms with Crippen LogP contribution >= 0.6 is 35.4 Å². The third-order valence-electron chi connectivity index (χ3n) is 4.02. The van der Waals surface area contributed by atoms with Crippen molar-refractivity contribution in [2.24, 2.45) is 0 Å². The first-order valence-electron chi connectivity index (χ1n) is 8.32. The summed E-state index contributed by atoms with van der Waals surface area (Å²) in [6, 6.07) is 8.18. The van der Waals surface area contributed by atoms with Gasteiger partial charge in [-0.2, -0.15) is 0 Å². The molecule has 0 atom stereocenters. The number of hydrogen-bond donors (Lipinski definition) is 1. The minimum absolute atomic E-state index is 0.0379. The van der Waals surface area contributed by atoms with Crippen LogP contribution in [-0.2, 0) is 4.94 Å². The average Bonchev–Trinajstić information content (AvgIpc) is 2.70. The first kappa shape index (κ1) is 22.3. The van der Waals surface area contributed by atoms with Crippen molar-refractivity contribution in [2.75, 3.05) is 43.4 Å². The topological polar surface area (TPSA) is 57.7 Å². The van der Waals surface area contributed by atoms with Crippen LogP contribution in [0.25, 0.3) is 0 Å². The Morgan fingerprint density at radius 3 is 2.50 bits per heavy atom. The summed E-state index contributed by atoms with van der Waals surface area (Å²) in [5.41, 5.74) is 1.86. The van der Waals surface area contributed by atoms with Gasteiger partial charge in [0, 0.05) is 42.6 Å². The van der Waals surface area contributed by atoms with E-state index in [9.17, 15) is 9.32 Å².